The molecule has 29 heavy (non-hydrogen) atoms. The molecule has 1 fully saturated rings. The molecule has 0 spiro atoms. The molecule has 7 heteroatoms. The third kappa shape index (κ3) is 3.79. The molecular weight excluding hydrogens is 364 g/mol. The van der Waals surface area contributed by atoms with E-state index in [1.807, 2.05) is 39.8 Å². The van der Waals surface area contributed by atoms with Gasteiger partial charge in [-0.2, -0.15) is 5.26 Å². The van der Waals surface area contributed by atoms with Crippen LogP contribution in [0.15, 0.2) is 42.9 Å². The number of aromatic nitrogens is 3. The Bertz CT molecular complexity index is 1070. The molecule has 1 saturated heterocycles. The zero-order valence-electron chi connectivity index (χ0n) is 16.7. The molecule has 1 aliphatic rings. The smallest absolute Gasteiger partial charge is 0.255 e. The molecule has 0 N–H and O–H groups in total. The van der Waals surface area contributed by atoms with Crippen molar-refractivity contribution in [1.82, 2.24) is 19.4 Å². The van der Waals surface area contributed by atoms with Gasteiger partial charge in [-0.15, -0.1) is 0 Å². The van der Waals surface area contributed by atoms with E-state index in [1.54, 1.807) is 12.5 Å². The van der Waals surface area contributed by atoms with E-state index in [1.165, 1.54) is 0 Å². The highest BCUT2D eigenvalue weighted by molar-refractivity contribution is 5.96. The van der Waals surface area contributed by atoms with E-state index in [4.69, 9.17) is 0 Å². The van der Waals surface area contributed by atoms with Gasteiger partial charge >= 0.3 is 0 Å². The molecule has 4 rings (SSSR count). The van der Waals surface area contributed by atoms with Crippen LogP contribution in [0.5, 0.6) is 0 Å². The van der Waals surface area contributed by atoms with Gasteiger partial charge in [-0.1, -0.05) is 26.0 Å². The van der Waals surface area contributed by atoms with E-state index in [-0.39, 0.29) is 5.91 Å². The predicted octanol–water partition coefficient (Wildman–Crippen LogP) is 2.92. The number of carbonyl (C=O) groups is 1. The number of pyridine rings is 1. The van der Waals surface area contributed by atoms with Crippen LogP contribution >= 0.6 is 0 Å². The van der Waals surface area contributed by atoms with Gasteiger partial charge in [-0.05, 0) is 24.1 Å². The lowest BCUT2D eigenvalue weighted by atomic mass is 10.1. The fraction of sp³-hybridized carbons (Fsp3) is 0.364. The number of anilines is 1. The molecule has 0 atom stereocenters. The van der Waals surface area contributed by atoms with E-state index in [2.05, 4.69) is 34.8 Å². The van der Waals surface area contributed by atoms with Crippen LogP contribution in [0.3, 0.4) is 0 Å². The molecule has 0 aliphatic carbocycles. The Morgan fingerprint density at radius 1 is 1.17 bits per heavy atom. The molecule has 148 valence electrons. The third-order valence-electron chi connectivity index (χ3n) is 5.20. The number of nitrogens with zero attached hydrogens (tertiary/aromatic N) is 6. The van der Waals surface area contributed by atoms with Crippen LogP contribution in [0, 0.1) is 17.2 Å². The van der Waals surface area contributed by atoms with Gasteiger partial charge < -0.3 is 14.4 Å². The number of nitriles is 1. The number of fused-ring (bicyclic) bond motifs is 1. The topological polar surface area (TPSA) is 78.0 Å². The van der Waals surface area contributed by atoms with Crippen LogP contribution in [-0.2, 0) is 6.54 Å². The molecule has 0 saturated carbocycles. The van der Waals surface area contributed by atoms with Crippen LogP contribution in [0.25, 0.3) is 11.2 Å². The second-order valence-electron chi connectivity index (χ2n) is 7.77. The summed E-state index contributed by atoms with van der Waals surface area (Å²) in [5, 5.41) is 9.32. The van der Waals surface area contributed by atoms with Crippen LogP contribution < -0.4 is 4.90 Å². The maximum atomic E-state index is 13.0. The molecule has 2 aromatic heterocycles. The first-order valence-electron chi connectivity index (χ1n) is 9.91. The average molecular weight is 388 g/mol. The number of hydrogen-bond donors (Lipinski definition) is 0. The quantitative estimate of drug-likeness (QED) is 0.687. The van der Waals surface area contributed by atoms with Crippen molar-refractivity contribution in [2.24, 2.45) is 5.92 Å². The Morgan fingerprint density at radius 3 is 2.66 bits per heavy atom. The summed E-state index contributed by atoms with van der Waals surface area (Å²) in [5.74, 6) is 0.476. The Hall–Kier alpha value is -3.40. The second kappa shape index (κ2) is 7.92. The SMILES string of the molecule is CC(C)Cn1cnc2cc(C(=O)N3CCN(c4ccccc4C#N)CC3)cnc21. The zero-order chi connectivity index (χ0) is 20.4. The first-order valence-corrected chi connectivity index (χ1v) is 9.91. The minimum Gasteiger partial charge on any atom is -0.367 e. The maximum absolute atomic E-state index is 13.0. The van der Waals surface area contributed by atoms with Crippen LogP contribution in [0.4, 0.5) is 5.69 Å². The van der Waals surface area contributed by atoms with Gasteiger partial charge in [-0.25, -0.2) is 9.97 Å². The minimum atomic E-state index is -0.0222. The molecule has 1 amide bonds. The van der Waals surface area contributed by atoms with Crippen molar-refractivity contribution >= 4 is 22.8 Å². The van der Waals surface area contributed by atoms with Gasteiger partial charge in [0.2, 0.25) is 0 Å². The molecule has 7 nitrogen and oxygen atoms in total. The molecule has 1 aromatic carbocycles. The Morgan fingerprint density at radius 2 is 1.93 bits per heavy atom. The summed E-state index contributed by atoms with van der Waals surface area (Å²) in [6.45, 7) is 7.77. The fourth-order valence-electron chi connectivity index (χ4n) is 3.77. The molecule has 1 aliphatic heterocycles. The van der Waals surface area contributed by atoms with Crippen molar-refractivity contribution < 1.29 is 4.79 Å². The lowest BCUT2D eigenvalue weighted by Gasteiger charge is -2.36. The van der Waals surface area contributed by atoms with Crippen molar-refractivity contribution in [2.75, 3.05) is 31.1 Å². The summed E-state index contributed by atoms with van der Waals surface area (Å²) in [5.41, 5.74) is 3.73. The monoisotopic (exact) mass is 388 g/mol. The third-order valence-corrected chi connectivity index (χ3v) is 5.20. The van der Waals surface area contributed by atoms with Crippen LogP contribution in [0.2, 0.25) is 0 Å². The molecule has 0 bridgehead atoms. The zero-order valence-corrected chi connectivity index (χ0v) is 16.7. The number of hydrogen-bond acceptors (Lipinski definition) is 5. The highest BCUT2D eigenvalue weighted by atomic mass is 16.2. The Kier molecular flexibility index (Phi) is 5.17. The molecule has 3 heterocycles. The van der Waals surface area contributed by atoms with E-state index in [0.717, 1.165) is 23.4 Å². The van der Waals surface area contributed by atoms with Gasteiger partial charge in [0.15, 0.2) is 5.65 Å². The first kappa shape index (κ1) is 18.9. The van der Waals surface area contributed by atoms with Gasteiger partial charge in [0, 0.05) is 38.9 Å². The summed E-state index contributed by atoms with van der Waals surface area (Å²) < 4.78 is 2.03. The summed E-state index contributed by atoms with van der Waals surface area (Å²) in [7, 11) is 0. The predicted molar refractivity (Wildman–Crippen MR) is 112 cm³/mol. The van der Waals surface area contributed by atoms with E-state index in [9.17, 15) is 10.1 Å². The largest absolute Gasteiger partial charge is 0.367 e. The summed E-state index contributed by atoms with van der Waals surface area (Å²) in [4.78, 5) is 25.9. The number of para-hydroxylation sites is 1. The number of benzene rings is 1. The van der Waals surface area contributed by atoms with Crippen molar-refractivity contribution in [3.8, 4) is 6.07 Å². The average Bonchev–Trinajstić information content (AvgIpc) is 3.14. The molecule has 0 radical (unpaired) electrons. The van der Waals surface area contributed by atoms with Gasteiger partial charge in [0.1, 0.15) is 11.6 Å². The summed E-state index contributed by atoms with van der Waals surface area (Å²) in [6.07, 6.45) is 3.44. The number of imidazole rings is 1. The number of amides is 1. The van der Waals surface area contributed by atoms with Crippen LogP contribution in [-0.4, -0.2) is 51.5 Å². The normalized spacial score (nSPS) is 14.4. The summed E-state index contributed by atoms with van der Waals surface area (Å²) >= 11 is 0. The summed E-state index contributed by atoms with van der Waals surface area (Å²) in [6, 6.07) is 11.7. The highest BCUT2D eigenvalue weighted by Gasteiger charge is 2.24. The van der Waals surface area contributed by atoms with Gasteiger partial charge in [0.05, 0.1) is 23.1 Å². The number of piperazine rings is 1. The van der Waals surface area contributed by atoms with Crippen molar-refractivity contribution in [3.05, 3.63) is 54.0 Å². The fourth-order valence-corrected chi connectivity index (χ4v) is 3.77. The van der Waals surface area contributed by atoms with Crippen LogP contribution in [0.1, 0.15) is 29.8 Å². The molecule has 3 aromatic rings. The van der Waals surface area contributed by atoms with E-state index < -0.39 is 0 Å². The van der Waals surface area contributed by atoms with Gasteiger partial charge in [0.25, 0.3) is 5.91 Å². The van der Waals surface area contributed by atoms with E-state index in [0.29, 0.717) is 43.2 Å². The standard InChI is InChI=1S/C22H24N6O/c1-16(2)14-28-15-25-19-11-18(13-24-21(19)28)22(29)27-9-7-26(8-10-27)20-6-4-3-5-17(20)12-23/h3-6,11,13,15-16H,7-10,14H2,1-2H3. The Balaban J connectivity index is 1.46. The second-order valence-corrected chi connectivity index (χ2v) is 7.77. The lowest BCUT2D eigenvalue weighted by molar-refractivity contribution is 0.0746. The molecule has 0 unspecified atom stereocenters. The first-order chi connectivity index (χ1) is 14.1. The lowest BCUT2D eigenvalue weighted by Crippen LogP contribution is -2.49. The number of rotatable bonds is 4. The highest BCUT2D eigenvalue weighted by Crippen LogP contribution is 2.22. The minimum absolute atomic E-state index is 0.0222. The van der Waals surface area contributed by atoms with Crippen molar-refractivity contribution in [3.63, 3.8) is 0 Å². The Labute approximate surface area is 170 Å². The van der Waals surface area contributed by atoms with E-state index >= 15 is 0 Å². The number of carbonyl (C=O) groups excluding carboxylic acids is 1. The maximum Gasteiger partial charge on any atom is 0.255 e. The van der Waals surface area contributed by atoms with Gasteiger partial charge in [-0.3, -0.25) is 4.79 Å². The van der Waals surface area contributed by atoms with Crippen molar-refractivity contribution in [1.29, 1.82) is 5.26 Å². The molecular formula is C22H24N6O. The van der Waals surface area contributed by atoms with Crippen molar-refractivity contribution in [2.45, 2.75) is 20.4 Å².